The van der Waals surface area contributed by atoms with Crippen molar-refractivity contribution in [2.24, 2.45) is 5.92 Å². The minimum absolute atomic E-state index is 0.305. The Bertz CT molecular complexity index is 210. The second-order valence-electron chi connectivity index (χ2n) is 2.74. The molecule has 1 rings (SSSR count). The lowest BCUT2D eigenvalue weighted by atomic mass is 9.75. The minimum atomic E-state index is -1.39. The van der Waals surface area contributed by atoms with Crippen molar-refractivity contribution in [1.82, 2.24) is 0 Å². The van der Waals surface area contributed by atoms with E-state index in [1.165, 1.54) is 0 Å². The predicted molar refractivity (Wildman–Crippen MR) is 46.0 cm³/mol. The van der Waals surface area contributed by atoms with Crippen molar-refractivity contribution in [3.63, 3.8) is 0 Å². The van der Waals surface area contributed by atoms with Crippen molar-refractivity contribution in [3.8, 4) is 0 Å². The maximum atomic E-state index is 8.77. The smallest absolute Gasteiger partial charge is 0.423 e. The summed E-state index contributed by atoms with van der Waals surface area (Å²) in [7, 11) is -1.39. The summed E-state index contributed by atoms with van der Waals surface area (Å²) in [5.74, 6) is 0.305. The van der Waals surface area contributed by atoms with Crippen molar-refractivity contribution in [1.29, 1.82) is 0 Å². The summed E-state index contributed by atoms with van der Waals surface area (Å²) in [4.78, 5) is 0. The van der Waals surface area contributed by atoms with Gasteiger partial charge in [0.2, 0.25) is 0 Å². The Balaban J connectivity index is 2.74. The minimum Gasteiger partial charge on any atom is -0.423 e. The molecule has 0 amide bonds. The molecule has 0 aliphatic heterocycles. The van der Waals surface area contributed by atoms with Crippen molar-refractivity contribution in [2.45, 2.75) is 13.3 Å². The monoisotopic (exact) mass is 172 g/mol. The maximum absolute atomic E-state index is 8.77. The molecule has 11 heavy (non-hydrogen) atoms. The van der Waals surface area contributed by atoms with Gasteiger partial charge in [0, 0.05) is 5.03 Å². The van der Waals surface area contributed by atoms with E-state index in [2.05, 4.69) is 0 Å². The first kappa shape index (κ1) is 8.85. The van der Waals surface area contributed by atoms with Crippen LogP contribution in [0.15, 0.2) is 22.7 Å². The summed E-state index contributed by atoms with van der Waals surface area (Å²) >= 11 is 5.80. The van der Waals surface area contributed by atoms with E-state index in [9.17, 15) is 0 Å². The third-order valence-corrected chi connectivity index (χ3v) is 2.26. The number of allylic oxidation sites excluding steroid dienone is 4. The predicted octanol–water partition coefficient (Wildman–Crippen LogP) is 1.09. The molecule has 1 atom stereocenters. The van der Waals surface area contributed by atoms with Crippen LogP contribution in [0.3, 0.4) is 0 Å². The van der Waals surface area contributed by atoms with Gasteiger partial charge < -0.3 is 10.0 Å². The Kier molecular flexibility index (Phi) is 2.76. The van der Waals surface area contributed by atoms with Gasteiger partial charge in [0.15, 0.2) is 0 Å². The Morgan fingerprint density at radius 1 is 1.64 bits per heavy atom. The molecule has 0 bridgehead atoms. The van der Waals surface area contributed by atoms with Crippen LogP contribution in [0.5, 0.6) is 0 Å². The summed E-state index contributed by atoms with van der Waals surface area (Å²) < 4.78 is 0. The highest BCUT2D eigenvalue weighted by molar-refractivity contribution is 6.52. The molecule has 0 saturated carbocycles. The van der Waals surface area contributed by atoms with Crippen molar-refractivity contribution in [3.05, 3.63) is 22.7 Å². The van der Waals surface area contributed by atoms with E-state index in [0.29, 0.717) is 16.4 Å². The lowest BCUT2D eigenvalue weighted by Crippen LogP contribution is -2.16. The number of hydrogen-bond acceptors (Lipinski definition) is 2. The first-order chi connectivity index (χ1) is 5.11. The molecule has 0 aromatic carbocycles. The zero-order chi connectivity index (χ0) is 8.43. The quantitative estimate of drug-likeness (QED) is 0.581. The third kappa shape index (κ3) is 2.09. The van der Waals surface area contributed by atoms with Crippen LogP contribution >= 0.6 is 11.6 Å². The molecule has 1 aliphatic rings. The molecule has 0 aromatic rings. The van der Waals surface area contributed by atoms with E-state index in [1.807, 2.05) is 6.92 Å². The van der Waals surface area contributed by atoms with Gasteiger partial charge in [0.1, 0.15) is 0 Å². The largest absolute Gasteiger partial charge is 0.488 e. The normalized spacial score (nSPS) is 24.2. The molecular weight excluding hydrogens is 162 g/mol. The molecule has 1 unspecified atom stereocenters. The molecule has 0 heterocycles. The topological polar surface area (TPSA) is 40.5 Å². The van der Waals surface area contributed by atoms with Crippen molar-refractivity contribution >= 4 is 18.7 Å². The summed E-state index contributed by atoms with van der Waals surface area (Å²) in [5.41, 5.74) is 0.494. The van der Waals surface area contributed by atoms with Crippen LogP contribution in [0.1, 0.15) is 13.3 Å². The standard InChI is InChI=1S/C7H10BClO2/c1-5-2-3-6(8(10)11)4-7(5)9/h3-5,10-11H,2H2,1H3. The van der Waals surface area contributed by atoms with Crippen molar-refractivity contribution < 1.29 is 10.0 Å². The number of hydrogen-bond donors (Lipinski definition) is 2. The first-order valence-electron chi connectivity index (χ1n) is 3.54. The molecule has 1 aliphatic carbocycles. The second-order valence-corrected chi connectivity index (χ2v) is 3.18. The van der Waals surface area contributed by atoms with Crippen LogP contribution < -0.4 is 0 Å². The van der Waals surface area contributed by atoms with E-state index in [1.54, 1.807) is 12.2 Å². The Morgan fingerprint density at radius 3 is 2.73 bits per heavy atom. The van der Waals surface area contributed by atoms with Crippen molar-refractivity contribution in [2.75, 3.05) is 0 Å². The molecule has 0 fully saturated rings. The Labute approximate surface area is 71.3 Å². The van der Waals surface area contributed by atoms with Crippen LogP contribution in [-0.2, 0) is 0 Å². The number of rotatable bonds is 1. The van der Waals surface area contributed by atoms with Gasteiger partial charge in [-0.15, -0.1) is 0 Å². The molecule has 0 saturated heterocycles. The SMILES string of the molecule is CC1CC=C(B(O)O)C=C1Cl. The molecule has 4 heteroatoms. The first-order valence-corrected chi connectivity index (χ1v) is 3.92. The lowest BCUT2D eigenvalue weighted by molar-refractivity contribution is 0.420. The molecule has 0 aromatic heterocycles. The summed E-state index contributed by atoms with van der Waals surface area (Å²) in [5, 5.41) is 18.2. The third-order valence-electron chi connectivity index (χ3n) is 1.78. The Morgan fingerprint density at radius 2 is 2.27 bits per heavy atom. The fraction of sp³-hybridized carbons (Fsp3) is 0.429. The van der Waals surface area contributed by atoms with Gasteiger partial charge in [-0.25, -0.2) is 0 Å². The second kappa shape index (κ2) is 3.43. The number of halogens is 1. The van der Waals surface area contributed by atoms with Crippen LogP contribution in [0.2, 0.25) is 0 Å². The van der Waals surface area contributed by atoms with E-state index >= 15 is 0 Å². The van der Waals surface area contributed by atoms with E-state index in [-0.39, 0.29) is 0 Å². The van der Waals surface area contributed by atoms with Crippen LogP contribution in [-0.4, -0.2) is 17.2 Å². The van der Waals surface area contributed by atoms with E-state index in [4.69, 9.17) is 21.6 Å². The Hall–Kier alpha value is -0.245. The molecule has 0 radical (unpaired) electrons. The molecule has 2 nitrogen and oxygen atoms in total. The van der Waals surface area contributed by atoms with Crippen LogP contribution in [0, 0.1) is 5.92 Å². The van der Waals surface area contributed by atoms with E-state index < -0.39 is 7.12 Å². The average molecular weight is 172 g/mol. The molecule has 60 valence electrons. The molecule has 0 spiro atoms. The van der Waals surface area contributed by atoms with Gasteiger partial charge >= 0.3 is 7.12 Å². The van der Waals surface area contributed by atoms with Crippen LogP contribution in [0.4, 0.5) is 0 Å². The fourth-order valence-electron chi connectivity index (χ4n) is 0.966. The zero-order valence-corrected chi connectivity index (χ0v) is 7.04. The summed E-state index contributed by atoms with van der Waals surface area (Å²) in [6.07, 6.45) is 4.18. The van der Waals surface area contributed by atoms with Gasteiger partial charge in [-0.2, -0.15) is 0 Å². The zero-order valence-electron chi connectivity index (χ0n) is 6.29. The highest BCUT2D eigenvalue weighted by Crippen LogP contribution is 2.26. The van der Waals surface area contributed by atoms with Gasteiger partial charge in [0.05, 0.1) is 0 Å². The van der Waals surface area contributed by atoms with Crippen LogP contribution in [0.25, 0.3) is 0 Å². The average Bonchev–Trinajstić information content (AvgIpc) is 1.94. The highest BCUT2D eigenvalue weighted by Gasteiger charge is 2.18. The molecule has 2 N–H and O–H groups in total. The highest BCUT2D eigenvalue weighted by atomic mass is 35.5. The summed E-state index contributed by atoms with van der Waals surface area (Å²) in [6, 6.07) is 0. The van der Waals surface area contributed by atoms with Gasteiger partial charge in [-0.05, 0) is 23.9 Å². The van der Waals surface area contributed by atoms with Gasteiger partial charge in [-0.3, -0.25) is 0 Å². The summed E-state index contributed by atoms with van der Waals surface area (Å²) in [6.45, 7) is 2.00. The van der Waals surface area contributed by atoms with Gasteiger partial charge in [0.25, 0.3) is 0 Å². The molecular formula is C7H10BClO2. The fourth-order valence-corrected chi connectivity index (χ4v) is 1.18. The maximum Gasteiger partial charge on any atom is 0.488 e. The van der Waals surface area contributed by atoms with Gasteiger partial charge in [-0.1, -0.05) is 24.6 Å². The van der Waals surface area contributed by atoms with E-state index in [0.717, 1.165) is 6.42 Å². The lowest BCUT2D eigenvalue weighted by Gasteiger charge is -2.14.